The van der Waals surface area contributed by atoms with Crippen LogP contribution in [0.5, 0.6) is 0 Å². The maximum Gasteiger partial charge on any atom is 0.220 e. The van der Waals surface area contributed by atoms with Gasteiger partial charge in [0.1, 0.15) is 5.82 Å². The number of carbonyl (C=O) groups is 1. The molecule has 0 aliphatic heterocycles. The minimum Gasteiger partial charge on any atom is -0.356 e. The molecule has 0 bridgehead atoms. The first-order chi connectivity index (χ1) is 10.1. The van der Waals surface area contributed by atoms with Crippen LogP contribution in [0.4, 0.5) is 4.39 Å². The predicted molar refractivity (Wildman–Crippen MR) is 83.4 cm³/mol. The van der Waals surface area contributed by atoms with E-state index in [2.05, 4.69) is 26.2 Å². The van der Waals surface area contributed by atoms with Gasteiger partial charge in [0.05, 0.1) is 0 Å². The Morgan fingerprint density at radius 3 is 2.81 bits per heavy atom. The maximum atomic E-state index is 13.6. The van der Waals surface area contributed by atoms with Crippen LogP contribution in [0.25, 0.3) is 0 Å². The molecular weight excluding hydrogens is 335 g/mol. The van der Waals surface area contributed by atoms with E-state index in [1.807, 2.05) is 18.2 Å². The van der Waals surface area contributed by atoms with Crippen LogP contribution in [0, 0.1) is 5.82 Å². The molecule has 1 amide bonds. The van der Waals surface area contributed by atoms with Gasteiger partial charge in [-0.25, -0.2) is 4.39 Å². The number of aromatic nitrogens is 1. The van der Waals surface area contributed by atoms with Gasteiger partial charge in [-0.15, -0.1) is 0 Å². The average Bonchev–Trinajstić information content (AvgIpc) is 2.47. The van der Waals surface area contributed by atoms with Crippen molar-refractivity contribution in [1.29, 1.82) is 0 Å². The van der Waals surface area contributed by atoms with Crippen molar-refractivity contribution in [3.8, 4) is 0 Å². The van der Waals surface area contributed by atoms with Crippen molar-refractivity contribution < 1.29 is 9.18 Å². The first-order valence-electron chi connectivity index (χ1n) is 6.75. The summed E-state index contributed by atoms with van der Waals surface area (Å²) in [6, 6.07) is 10.6. The monoisotopic (exact) mass is 350 g/mol. The number of nitrogens with one attached hydrogen (secondary N) is 1. The molecule has 21 heavy (non-hydrogen) atoms. The summed E-state index contributed by atoms with van der Waals surface area (Å²) in [4.78, 5) is 15.9. The zero-order valence-corrected chi connectivity index (χ0v) is 13.1. The minimum absolute atomic E-state index is 0.0757. The van der Waals surface area contributed by atoms with Gasteiger partial charge in [-0.3, -0.25) is 9.78 Å². The van der Waals surface area contributed by atoms with Gasteiger partial charge < -0.3 is 5.32 Å². The third-order valence-electron chi connectivity index (χ3n) is 3.07. The molecule has 1 N–H and O–H groups in total. The largest absolute Gasteiger partial charge is 0.356 e. The SMILES string of the molecule is O=C(CCc1ccc(Br)cc1F)NCCc1ccccn1. The standard InChI is InChI=1S/C16H16BrFN2O/c17-13-6-4-12(15(18)11-13)5-7-16(21)20-10-8-14-3-1-2-9-19-14/h1-4,6,9,11H,5,7-8,10H2,(H,20,21). The third-order valence-corrected chi connectivity index (χ3v) is 3.56. The zero-order chi connectivity index (χ0) is 15.1. The molecule has 0 fully saturated rings. The summed E-state index contributed by atoms with van der Waals surface area (Å²) in [5.74, 6) is -0.362. The van der Waals surface area contributed by atoms with Gasteiger partial charge in [-0.1, -0.05) is 28.1 Å². The van der Waals surface area contributed by atoms with Crippen LogP contribution >= 0.6 is 15.9 Å². The van der Waals surface area contributed by atoms with E-state index in [4.69, 9.17) is 0 Å². The number of benzene rings is 1. The summed E-state index contributed by atoms with van der Waals surface area (Å²) >= 11 is 3.21. The topological polar surface area (TPSA) is 42.0 Å². The third kappa shape index (κ3) is 5.27. The van der Waals surface area contributed by atoms with Crippen LogP contribution in [0.1, 0.15) is 17.7 Å². The lowest BCUT2D eigenvalue weighted by Crippen LogP contribution is -2.26. The highest BCUT2D eigenvalue weighted by atomic mass is 79.9. The van der Waals surface area contributed by atoms with Crippen molar-refractivity contribution in [2.24, 2.45) is 0 Å². The van der Waals surface area contributed by atoms with Crippen LogP contribution in [-0.4, -0.2) is 17.4 Å². The number of hydrogen-bond acceptors (Lipinski definition) is 2. The number of rotatable bonds is 6. The molecule has 0 unspecified atom stereocenters. The van der Waals surface area contributed by atoms with Gasteiger partial charge in [0.2, 0.25) is 5.91 Å². The summed E-state index contributed by atoms with van der Waals surface area (Å²) in [5, 5.41) is 2.82. The van der Waals surface area contributed by atoms with Crippen molar-refractivity contribution in [3.63, 3.8) is 0 Å². The van der Waals surface area contributed by atoms with E-state index in [-0.39, 0.29) is 18.1 Å². The van der Waals surface area contributed by atoms with Gasteiger partial charge in [0.15, 0.2) is 0 Å². The van der Waals surface area contributed by atoms with Crippen molar-refractivity contribution in [2.45, 2.75) is 19.3 Å². The zero-order valence-electron chi connectivity index (χ0n) is 11.5. The molecule has 110 valence electrons. The smallest absolute Gasteiger partial charge is 0.220 e. The summed E-state index contributed by atoms with van der Waals surface area (Å²) in [6.45, 7) is 0.540. The Kier molecular flexibility index (Phi) is 5.87. The number of carbonyl (C=O) groups excluding carboxylic acids is 1. The molecule has 0 saturated carbocycles. The lowest BCUT2D eigenvalue weighted by atomic mass is 10.1. The lowest BCUT2D eigenvalue weighted by molar-refractivity contribution is -0.121. The average molecular weight is 351 g/mol. The Balaban J connectivity index is 1.72. The second kappa shape index (κ2) is 7.88. The Morgan fingerprint density at radius 1 is 1.24 bits per heavy atom. The highest BCUT2D eigenvalue weighted by molar-refractivity contribution is 9.10. The Bertz CT molecular complexity index is 604. The number of pyridine rings is 1. The second-order valence-corrected chi connectivity index (χ2v) is 5.57. The van der Waals surface area contributed by atoms with Crippen LogP contribution in [-0.2, 0) is 17.6 Å². The van der Waals surface area contributed by atoms with Crippen LogP contribution in [0.15, 0.2) is 47.1 Å². The molecule has 0 radical (unpaired) electrons. The maximum absolute atomic E-state index is 13.6. The Morgan fingerprint density at radius 2 is 2.10 bits per heavy atom. The van der Waals surface area contributed by atoms with Crippen LogP contribution in [0.3, 0.4) is 0 Å². The van der Waals surface area contributed by atoms with Crippen molar-refractivity contribution in [2.75, 3.05) is 6.54 Å². The number of hydrogen-bond donors (Lipinski definition) is 1. The number of halogens is 2. The van der Waals surface area contributed by atoms with E-state index >= 15 is 0 Å². The number of amides is 1. The fraction of sp³-hybridized carbons (Fsp3) is 0.250. The molecule has 2 aromatic rings. The number of nitrogens with zero attached hydrogens (tertiary/aromatic N) is 1. The molecule has 0 spiro atoms. The molecule has 2 rings (SSSR count). The molecular formula is C16H16BrFN2O. The van der Waals surface area contributed by atoms with Gasteiger partial charge in [0.25, 0.3) is 0 Å². The van der Waals surface area contributed by atoms with E-state index < -0.39 is 0 Å². The van der Waals surface area contributed by atoms with E-state index in [1.54, 1.807) is 18.3 Å². The first kappa shape index (κ1) is 15.6. The van der Waals surface area contributed by atoms with E-state index in [1.165, 1.54) is 6.07 Å². The summed E-state index contributed by atoms with van der Waals surface area (Å²) in [7, 11) is 0. The second-order valence-electron chi connectivity index (χ2n) is 4.66. The molecule has 1 heterocycles. The van der Waals surface area contributed by atoms with E-state index in [9.17, 15) is 9.18 Å². The van der Waals surface area contributed by atoms with Gasteiger partial charge in [-0.05, 0) is 36.2 Å². The van der Waals surface area contributed by atoms with Crippen molar-refractivity contribution in [3.05, 3.63) is 64.1 Å². The highest BCUT2D eigenvalue weighted by Crippen LogP contribution is 2.16. The highest BCUT2D eigenvalue weighted by Gasteiger charge is 2.06. The Hall–Kier alpha value is -1.75. The summed E-state index contributed by atoms with van der Waals surface area (Å²) in [6.07, 6.45) is 3.10. The molecule has 1 aromatic carbocycles. The van der Waals surface area contributed by atoms with E-state index in [0.717, 1.165) is 5.69 Å². The summed E-state index contributed by atoms with van der Waals surface area (Å²) in [5.41, 5.74) is 1.50. The molecule has 1 aromatic heterocycles. The fourth-order valence-corrected chi connectivity index (χ4v) is 2.27. The van der Waals surface area contributed by atoms with Crippen LogP contribution < -0.4 is 5.32 Å². The molecule has 0 saturated heterocycles. The van der Waals surface area contributed by atoms with Gasteiger partial charge >= 0.3 is 0 Å². The summed E-state index contributed by atoms with van der Waals surface area (Å²) < 4.78 is 14.3. The predicted octanol–water partition coefficient (Wildman–Crippen LogP) is 3.27. The molecule has 5 heteroatoms. The lowest BCUT2D eigenvalue weighted by Gasteiger charge is -2.06. The first-order valence-corrected chi connectivity index (χ1v) is 7.55. The molecule has 0 aliphatic rings. The van der Waals surface area contributed by atoms with Crippen LogP contribution in [0.2, 0.25) is 0 Å². The number of aryl methyl sites for hydroxylation is 1. The van der Waals surface area contributed by atoms with Gasteiger partial charge in [0, 0.05) is 35.7 Å². The molecule has 0 atom stereocenters. The molecule has 0 aliphatic carbocycles. The van der Waals surface area contributed by atoms with Crippen molar-refractivity contribution in [1.82, 2.24) is 10.3 Å². The van der Waals surface area contributed by atoms with Crippen molar-refractivity contribution >= 4 is 21.8 Å². The normalized spacial score (nSPS) is 10.4. The minimum atomic E-state index is -0.286. The fourth-order valence-electron chi connectivity index (χ4n) is 1.94. The van der Waals surface area contributed by atoms with Gasteiger partial charge in [-0.2, -0.15) is 0 Å². The molecule has 3 nitrogen and oxygen atoms in total. The quantitative estimate of drug-likeness (QED) is 0.868. The Labute approximate surface area is 131 Å². The van der Waals surface area contributed by atoms with E-state index in [0.29, 0.717) is 29.4 Å².